The fourth-order valence-electron chi connectivity index (χ4n) is 3.01. The van der Waals surface area contributed by atoms with Gasteiger partial charge in [-0.15, -0.1) is 0 Å². The van der Waals surface area contributed by atoms with Gasteiger partial charge in [-0.05, 0) is 48.9 Å². The minimum absolute atomic E-state index is 0.0653. The van der Waals surface area contributed by atoms with E-state index in [-0.39, 0.29) is 6.29 Å². The molecule has 1 aromatic heterocycles. The monoisotopic (exact) mass is 289 g/mol. The molecular formula is C17H23NO3. The van der Waals surface area contributed by atoms with E-state index in [2.05, 4.69) is 24.0 Å². The van der Waals surface area contributed by atoms with E-state index in [1.807, 2.05) is 6.20 Å². The van der Waals surface area contributed by atoms with Crippen molar-refractivity contribution in [1.29, 1.82) is 0 Å². The first-order chi connectivity index (χ1) is 10.3. The van der Waals surface area contributed by atoms with Crippen LogP contribution in [-0.4, -0.2) is 25.0 Å². The highest BCUT2D eigenvalue weighted by Gasteiger charge is 2.17. The molecule has 0 bridgehead atoms. The minimum Gasteiger partial charge on any atom is -0.380 e. The average molecular weight is 289 g/mol. The molecule has 4 nitrogen and oxygen atoms in total. The number of H-pyrrole nitrogens is 1. The van der Waals surface area contributed by atoms with Gasteiger partial charge in [0.2, 0.25) is 0 Å². The lowest BCUT2D eigenvalue weighted by atomic mass is 10.0. The number of benzene rings is 1. The van der Waals surface area contributed by atoms with Crippen molar-refractivity contribution in [1.82, 2.24) is 4.98 Å². The molecule has 2 heterocycles. The molecule has 3 rings (SSSR count). The number of methoxy groups -OCH3 is 1. The summed E-state index contributed by atoms with van der Waals surface area (Å²) in [5, 5.41) is 1.22. The molecule has 1 saturated heterocycles. The second-order valence-electron chi connectivity index (χ2n) is 5.64. The molecule has 0 radical (unpaired) electrons. The number of aromatic amines is 1. The van der Waals surface area contributed by atoms with Gasteiger partial charge in [-0.3, -0.25) is 0 Å². The summed E-state index contributed by atoms with van der Waals surface area (Å²) in [6.07, 6.45) is 5.23. The number of fused-ring (bicyclic) bond motifs is 1. The van der Waals surface area contributed by atoms with Crippen LogP contribution in [0.3, 0.4) is 0 Å². The van der Waals surface area contributed by atoms with Crippen LogP contribution >= 0.6 is 0 Å². The SMILES string of the molecule is COCc1cc(C)c2[nH]ccc2c1COC1CCCCO1. The molecule has 2 aromatic rings. The molecule has 0 aliphatic carbocycles. The molecule has 1 aromatic carbocycles. The Morgan fingerprint density at radius 2 is 2.24 bits per heavy atom. The maximum absolute atomic E-state index is 5.98. The standard InChI is InChI=1S/C17H23NO3/c1-12-9-13(10-19-2)15(14-6-7-18-17(12)14)11-21-16-5-3-4-8-20-16/h6-7,9,16,18H,3-5,8,10-11H2,1-2H3. The molecule has 0 spiro atoms. The molecule has 21 heavy (non-hydrogen) atoms. The quantitative estimate of drug-likeness (QED) is 0.913. The number of nitrogens with one attached hydrogen (secondary N) is 1. The van der Waals surface area contributed by atoms with Crippen molar-refractivity contribution in [3.63, 3.8) is 0 Å². The van der Waals surface area contributed by atoms with Crippen LogP contribution in [0.15, 0.2) is 18.3 Å². The van der Waals surface area contributed by atoms with Gasteiger partial charge in [0.25, 0.3) is 0 Å². The van der Waals surface area contributed by atoms with Crippen LogP contribution in [0.2, 0.25) is 0 Å². The Morgan fingerprint density at radius 3 is 3.00 bits per heavy atom. The third kappa shape index (κ3) is 3.12. The number of hydrogen-bond donors (Lipinski definition) is 1. The van der Waals surface area contributed by atoms with Crippen LogP contribution in [0.5, 0.6) is 0 Å². The molecule has 1 aliphatic heterocycles. The van der Waals surface area contributed by atoms with Crippen molar-refractivity contribution in [3.05, 3.63) is 35.0 Å². The van der Waals surface area contributed by atoms with Gasteiger partial charge in [-0.25, -0.2) is 0 Å². The smallest absolute Gasteiger partial charge is 0.158 e. The van der Waals surface area contributed by atoms with E-state index in [0.29, 0.717) is 13.2 Å². The Balaban J connectivity index is 1.85. The third-order valence-electron chi connectivity index (χ3n) is 4.10. The van der Waals surface area contributed by atoms with E-state index >= 15 is 0 Å². The fraction of sp³-hybridized carbons (Fsp3) is 0.529. The van der Waals surface area contributed by atoms with Gasteiger partial charge in [-0.2, -0.15) is 0 Å². The van der Waals surface area contributed by atoms with Crippen LogP contribution in [0.4, 0.5) is 0 Å². The molecule has 1 unspecified atom stereocenters. The van der Waals surface area contributed by atoms with Crippen molar-refractivity contribution in [2.45, 2.75) is 45.7 Å². The molecule has 4 heteroatoms. The molecular weight excluding hydrogens is 266 g/mol. The summed E-state index contributed by atoms with van der Waals surface area (Å²) in [7, 11) is 1.73. The van der Waals surface area contributed by atoms with Crippen LogP contribution in [0.25, 0.3) is 10.9 Å². The second-order valence-corrected chi connectivity index (χ2v) is 5.64. The van der Waals surface area contributed by atoms with Crippen molar-refractivity contribution in [3.8, 4) is 0 Å². The molecule has 1 aliphatic rings. The lowest BCUT2D eigenvalue weighted by molar-refractivity contribution is -0.168. The first-order valence-electron chi connectivity index (χ1n) is 7.60. The van der Waals surface area contributed by atoms with Gasteiger partial charge in [0.05, 0.1) is 13.2 Å². The minimum atomic E-state index is -0.0653. The Morgan fingerprint density at radius 1 is 1.33 bits per heavy atom. The summed E-state index contributed by atoms with van der Waals surface area (Å²) in [5.41, 5.74) is 4.81. The van der Waals surface area contributed by atoms with Crippen molar-refractivity contribution in [2.75, 3.05) is 13.7 Å². The predicted octanol–water partition coefficient (Wildman–Crippen LogP) is 3.67. The first-order valence-corrected chi connectivity index (χ1v) is 7.60. The summed E-state index contributed by atoms with van der Waals surface area (Å²) in [5.74, 6) is 0. The molecule has 1 N–H and O–H groups in total. The molecule has 0 saturated carbocycles. The fourth-order valence-corrected chi connectivity index (χ4v) is 3.01. The zero-order valence-electron chi connectivity index (χ0n) is 12.8. The number of ether oxygens (including phenoxy) is 3. The maximum atomic E-state index is 5.98. The largest absolute Gasteiger partial charge is 0.380 e. The van der Waals surface area contributed by atoms with Gasteiger partial charge in [0.1, 0.15) is 0 Å². The van der Waals surface area contributed by atoms with Crippen LogP contribution < -0.4 is 0 Å². The molecule has 0 amide bonds. The maximum Gasteiger partial charge on any atom is 0.158 e. The normalized spacial score (nSPS) is 19.2. The topological polar surface area (TPSA) is 43.5 Å². The Kier molecular flexibility index (Phi) is 4.58. The van der Waals surface area contributed by atoms with Gasteiger partial charge in [0, 0.05) is 30.8 Å². The predicted molar refractivity (Wildman–Crippen MR) is 82.1 cm³/mol. The summed E-state index contributed by atoms with van der Waals surface area (Å²) < 4.78 is 17.0. The number of hydrogen-bond acceptors (Lipinski definition) is 3. The Labute approximate surface area is 125 Å². The summed E-state index contributed by atoms with van der Waals surface area (Å²) in [6, 6.07) is 4.30. The van der Waals surface area contributed by atoms with E-state index < -0.39 is 0 Å². The Hall–Kier alpha value is -1.36. The highest BCUT2D eigenvalue weighted by molar-refractivity contribution is 5.86. The van der Waals surface area contributed by atoms with E-state index in [9.17, 15) is 0 Å². The molecule has 1 atom stereocenters. The van der Waals surface area contributed by atoms with Crippen molar-refractivity contribution < 1.29 is 14.2 Å². The van der Waals surface area contributed by atoms with Gasteiger partial charge < -0.3 is 19.2 Å². The Bertz CT molecular complexity index is 599. The van der Waals surface area contributed by atoms with E-state index in [1.54, 1.807) is 7.11 Å². The third-order valence-corrected chi connectivity index (χ3v) is 4.10. The van der Waals surface area contributed by atoms with E-state index in [4.69, 9.17) is 14.2 Å². The molecule has 114 valence electrons. The van der Waals surface area contributed by atoms with Crippen molar-refractivity contribution >= 4 is 10.9 Å². The van der Waals surface area contributed by atoms with Crippen LogP contribution in [-0.2, 0) is 27.4 Å². The lowest BCUT2D eigenvalue weighted by Crippen LogP contribution is -2.22. The van der Waals surface area contributed by atoms with Gasteiger partial charge in [-0.1, -0.05) is 6.07 Å². The number of aromatic nitrogens is 1. The molecule has 1 fully saturated rings. The zero-order chi connectivity index (χ0) is 14.7. The highest BCUT2D eigenvalue weighted by Crippen LogP contribution is 2.27. The van der Waals surface area contributed by atoms with Gasteiger partial charge >= 0.3 is 0 Å². The number of rotatable bonds is 5. The van der Waals surface area contributed by atoms with Crippen LogP contribution in [0.1, 0.15) is 36.0 Å². The number of aryl methyl sites for hydroxylation is 1. The van der Waals surface area contributed by atoms with Crippen LogP contribution in [0, 0.1) is 6.92 Å². The van der Waals surface area contributed by atoms with E-state index in [1.165, 1.54) is 34.0 Å². The van der Waals surface area contributed by atoms with Gasteiger partial charge in [0.15, 0.2) is 6.29 Å². The zero-order valence-corrected chi connectivity index (χ0v) is 12.8. The highest BCUT2D eigenvalue weighted by atomic mass is 16.7. The summed E-state index contributed by atoms with van der Waals surface area (Å²) in [6.45, 7) is 4.10. The second kappa shape index (κ2) is 6.60. The van der Waals surface area contributed by atoms with Crippen molar-refractivity contribution in [2.24, 2.45) is 0 Å². The summed E-state index contributed by atoms with van der Waals surface area (Å²) in [4.78, 5) is 3.31. The summed E-state index contributed by atoms with van der Waals surface area (Å²) >= 11 is 0. The average Bonchev–Trinajstić information content (AvgIpc) is 2.98. The first kappa shape index (κ1) is 14.6. The van der Waals surface area contributed by atoms with E-state index in [0.717, 1.165) is 19.4 Å². The lowest BCUT2D eigenvalue weighted by Gasteiger charge is -2.23.